The van der Waals surface area contributed by atoms with Crippen LogP contribution < -0.4 is 11.1 Å². The maximum absolute atomic E-state index is 11.9. The molecule has 0 unspecified atom stereocenters. The standard InChI is InChI=1S/C24H45N3O11/c1-3-4-5-6-7-8-9-35-23-17(27-13(2)29)19(31)22(15(37-23)11-34-12-16(25)26)38-24-21(33)20(32)18(30)14(10-28)36-24/h14-15,17-24,28,30-33H,3-12H2,1-2H3,(H3,25,26)(H,27,29)/t14-,15-,17-,18+,19-,20+,21-,22-,23-,24+/m1/s1. The Morgan fingerprint density at radius 1 is 0.947 bits per heavy atom. The second kappa shape index (κ2) is 16.6. The van der Waals surface area contributed by atoms with Crippen LogP contribution in [0.5, 0.6) is 0 Å². The molecule has 2 saturated heterocycles. The molecule has 2 fully saturated rings. The van der Waals surface area contributed by atoms with Crippen LogP contribution >= 0.6 is 0 Å². The lowest BCUT2D eigenvalue weighted by Gasteiger charge is -2.47. The summed E-state index contributed by atoms with van der Waals surface area (Å²) in [6, 6.07) is -1.06. The molecule has 10 atom stereocenters. The van der Waals surface area contributed by atoms with E-state index in [2.05, 4.69) is 12.2 Å². The van der Waals surface area contributed by atoms with Gasteiger partial charge >= 0.3 is 0 Å². The van der Waals surface area contributed by atoms with Crippen molar-refractivity contribution in [3.8, 4) is 0 Å². The lowest BCUT2D eigenvalue weighted by atomic mass is 9.95. The minimum Gasteiger partial charge on any atom is -0.394 e. The van der Waals surface area contributed by atoms with Gasteiger partial charge in [0, 0.05) is 13.5 Å². The highest BCUT2D eigenvalue weighted by molar-refractivity contribution is 5.78. The molecular weight excluding hydrogens is 506 g/mol. The van der Waals surface area contributed by atoms with Gasteiger partial charge in [0.1, 0.15) is 61.2 Å². The number of amides is 1. The quantitative estimate of drug-likeness (QED) is 0.0597. The van der Waals surface area contributed by atoms with E-state index in [-0.39, 0.29) is 19.0 Å². The number of carbonyl (C=O) groups is 1. The van der Waals surface area contributed by atoms with Crippen molar-refractivity contribution in [1.82, 2.24) is 5.32 Å². The fraction of sp³-hybridized carbons (Fsp3) is 0.917. The predicted octanol–water partition coefficient (Wildman–Crippen LogP) is -1.91. The molecule has 14 heteroatoms. The van der Waals surface area contributed by atoms with Gasteiger partial charge in [0.05, 0.1) is 13.2 Å². The maximum Gasteiger partial charge on any atom is 0.217 e. The van der Waals surface area contributed by atoms with Crippen molar-refractivity contribution >= 4 is 11.7 Å². The average molecular weight is 552 g/mol. The van der Waals surface area contributed by atoms with Crippen molar-refractivity contribution in [3.05, 3.63) is 0 Å². The van der Waals surface area contributed by atoms with Gasteiger partial charge in [-0.1, -0.05) is 39.0 Å². The van der Waals surface area contributed by atoms with E-state index in [4.69, 9.17) is 34.8 Å². The number of carbonyl (C=O) groups excluding carboxylic acids is 1. The third kappa shape index (κ3) is 9.62. The summed E-state index contributed by atoms with van der Waals surface area (Å²) in [5.41, 5.74) is 5.36. The molecule has 14 nitrogen and oxygen atoms in total. The molecule has 2 aliphatic rings. The third-order valence-corrected chi connectivity index (χ3v) is 6.50. The molecule has 0 aromatic carbocycles. The Labute approximate surface area is 222 Å². The van der Waals surface area contributed by atoms with Crippen LogP contribution in [0.1, 0.15) is 52.4 Å². The molecule has 0 aromatic rings. The summed E-state index contributed by atoms with van der Waals surface area (Å²) >= 11 is 0. The monoisotopic (exact) mass is 551 g/mol. The molecule has 38 heavy (non-hydrogen) atoms. The van der Waals surface area contributed by atoms with Gasteiger partial charge < -0.3 is 60.3 Å². The molecule has 0 radical (unpaired) electrons. The Morgan fingerprint density at radius 2 is 1.61 bits per heavy atom. The molecule has 0 bridgehead atoms. The van der Waals surface area contributed by atoms with Crippen LogP contribution in [-0.2, 0) is 28.5 Å². The van der Waals surface area contributed by atoms with Crippen LogP contribution in [0.25, 0.3) is 0 Å². The number of nitrogens with one attached hydrogen (secondary N) is 2. The van der Waals surface area contributed by atoms with Crippen molar-refractivity contribution in [2.45, 2.75) is 114 Å². The molecule has 0 aromatic heterocycles. The van der Waals surface area contributed by atoms with Crippen molar-refractivity contribution in [1.29, 1.82) is 5.41 Å². The Morgan fingerprint density at radius 3 is 2.24 bits per heavy atom. The number of ether oxygens (including phenoxy) is 5. The van der Waals surface area contributed by atoms with Crippen molar-refractivity contribution in [2.75, 3.05) is 26.4 Å². The first-order valence-corrected chi connectivity index (χ1v) is 13.2. The lowest BCUT2D eigenvalue weighted by molar-refractivity contribution is -0.348. The summed E-state index contributed by atoms with van der Waals surface area (Å²) in [7, 11) is 0. The first kappa shape index (κ1) is 32.8. The summed E-state index contributed by atoms with van der Waals surface area (Å²) in [6.07, 6.45) is -6.42. The minimum absolute atomic E-state index is 0.206. The SMILES string of the molecule is CCCCCCCCO[C@@H]1O[C@H](COCC(=N)N)[C@@H](O[C@@H]2O[C@H](CO)[C@H](O)[C@H](O)[C@H]2O)[C@H](O)[C@H]1NC(C)=O. The number of nitrogens with two attached hydrogens (primary N) is 1. The van der Waals surface area contributed by atoms with Crippen molar-refractivity contribution < 1.29 is 54.0 Å². The van der Waals surface area contributed by atoms with E-state index in [9.17, 15) is 30.3 Å². The van der Waals surface area contributed by atoms with Gasteiger partial charge in [-0.05, 0) is 6.42 Å². The fourth-order valence-electron chi connectivity index (χ4n) is 4.45. The smallest absolute Gasteiger partial charge is 0.217 e. The second-order valence-corrected chi connectivity index (χ2v) is 9.74. The highest BCUT2D eigenvalue weighted by Gasteiger charge is 2.51. The first-order chi connectivity index (χ1) is 18.1. The lowest BCUT2D eigenvalue weighted by Crippen LogP contribution is -2.67. The molecular formula is C24H45N3O11. The molecule has 2 rings (SSSR count). The van der Waals surface area contributed by atoms with Gasteiger partial charge in [-0.15, -0.1) is 0 Å². The fourth-order valence-corrected chi connectivity index (χ4v) is 4.45. The van der Waals surface area contributed by atoms with Crippen LogP contribution in [0.15, 0.2) is 0 Å². The van der Waals surface area contributed by atoms with E-state index in [1.165, 1.54) is 13.3 Å². The van der Waals surface area contributed by atoms with Crippen LogP contribution in [-0.4, -0.2) is 125 Å². The largest absolute Gasteiger partial charge is 0.394 e. The summed E-state index contributed by atoms with van der Waals surface area (Å²) in [6.45, 7) is 2.64. The number of aliphatic hydroxyl groups excluding tert-OH is 5. The summed E-state index contributed by atoms with van der Waals surface area (Å²) in [5.74, 6) is -0.691. The zero-order chi connectivity index (χ0) is 28.2. The third-order valence-electron chi connectivity index (χ3n) is 6.50. The van der Waals surface area contributed by atoms with Gasteiger partial charge in [0.25, 0.3) is 0 Å². The van der Waals surface area contributed by atoms with E-state index >= 15 is 0 Å². The van der Waals surface area contributed by atoms with E-state index < -0.39 is 73.9 Å². The molecule has 0 aliphatic carbocycles. The summed E-state index contributed by atoms with van der Waals surface area (Å²) in [4.78, 5) is 11.9. The molecule has 0 saturated carbocycles. The first-order valence-electron chi connectivity index (χ1n) is 13.2. The van der Waals surface area contributed by atoms with Crippen LogP contribution in [0.2, 0.25) is 0 Å². The number of rotatable bonds is 16. The van der Waals surface area contributed by atoms with E-state index in [0.29, 0.717) is 6.61 Å². The van der Waals surface area contributed by atoms with E-state index in [0.717, 1.165) is 32.1 Å². The van der Waals surface area contributed by atoms with Crippen molar-refractivity contribution in [2.24, 2.45) is 5.73 Å². The number of amidine groups is 1. The maximum atomic E-state index is 11.9. The molecule has 2 heterocycles. The molecule has 0 spiro atoms. The van der Waals surface area contributed by atoms with Crippen LogP contribution in [0, 0.1) is 5.41 Å². The van der Waals surface area contributed by atoms with Gasteiger partial charge in [-0.2, -0.15) is 0 Å². The van der Waals surface area contributed by atoms with E-state index in [1.807, 2.05) is 0 Å². The summed E-state index contributed by atoms with van der Waals surface area (Å²) in [5, 5.41) is 61.3. The van der Waals surface area contributed by atoms with Gasteiger partial charge in [-0.25, -0.2) is 0 Å². The number of hydrogen-bond acceptors (Lipinski definition) is 12. The highest BCUT2D eigenvalue weighted by atomic mass is 16.7. The Hall–Kier alpha value is -1.46. The van der Waals surface area contributed by atoms with Crippen LogP contribution in [0.3, 0.4) is 0 Å². The zero-order valence-electron chi connectivity index (χ0n) is 22.1. The number of hydrogen-bond donors (Lipinski definition) is 8. The zero-order valence-corrected chi connectivity index (χ0v) is 22.1. The Balaban J connectivity index is 2.16. The summed E-state index contributed by atoms with van der Waals surface area (Å²) < 4.78 is 28.6. The Bertz CT molecular complexity index is 716. The minimum atomic E-state index is -1.72. The second-order valence-electron chi connectivity index (χ2n) is 9.74. The number of aliphatic hydroxyl groups is 5. The predicted molar refractivity (Wildman–Crippen MR) is 133 cm³/mol. The van der Waals surface area contributed by atoms with Crippen molar-refractivity contribution in [3.63, 3.8) is 0 Å². The topological polar surface area (TPSA) is 226 Å². The Kier molecular flexibility index (Phi) is 14.3. The normalized spacial score (nSPS) is 35.7. The number of unbranched alkanes of at least 4 members (excludes halogenated alkanes) is 5. The highest BCUT2D eigenvalue weighted by Crippen LogP contribution is 2.30. The molecule has 9 N–H and O–H groups in total. The molecule has 1 amide bonds. The van der Waals surface area contributed by atoms with Gasteiger partial charge in [0.15, 0.2) is 12.6 Å². The molecule has 2 aliphatic heterocycles. The molecule has 222 valence electrons. The van der Waals surface area contributed by atoms with Gasteiger partial charge in [0.2, 0.25) is 5.91 Å². The van der Waals surface area contributed by atoms with E-state index in [1.54, 1.807) is 0 Å². The van der Waals surface area contributed by atoms with Gasteiger partial charge in [-0.3, -0.25) is 10.2 Å². The average Bonchev–Trinajstić information content (AvgIpc) is 2.87. The van der Waals surface area contributed by atoms with Crippen LogP contribution in [0.4, 0.5) is 0 Å².